The number of benzene rings is 3. The Kier molecular flexibility index (Phi) is 19.3. The van der Waals surface area contributed by atoms with Crippen LogP contribution in [0.1, 0.15) is 100 Å². The summed E-state index contributed by atoms with van der Waals surface area (Å²) in [7, 11) is 0. The minimum absolute atomic E-state index is 0.0186. The number of unbranched alkanes of at least 4 members (excludes halogenated alkanes) is 1. The number of nitrogens with one attached hydrogen (secondary N) is 6. The number of aliphatic hydroxyl groups excluding tert-OH is 1. The van der Waals surface area contributed by atoms with Crippen molar-refractivity contribution in [2.45, 2.75) is 102 Å². The van der Waals surface area contributed by atoms with Gasteiger partial charge in [0.25, 0.3) is 17.4 Å². The third kappa shape index (κ3) is 13.9. The van der Waals surface area contributed by atoms with Crippen molar-refractivity contribution >= 4 is 76.1 Å². The first-order valence-electron chi connectivity index (χ1n) is 29.3. The molecule has 0 saturated heterocycles. The zero-order valence-electron chi connectivity index (χ0n) is 49.1. The number of halogens is 1. The second-order valence-electron chi connectivity index (χ2n) is 22.3. The molecular formula is C64H65FN10O15. The van der Waals surface area contributed by atoms with E-state index in [1.54, 1.807) is 74.5 Å². The normalized spacial score (nSPS) is 17.5. The molecule has 0 saturated carbocycles. The zero-order chi connectivity index (χ0) is 63.8. The van der Waals surface area contributed by atoms with Crippen molar-refractivity contribution in [3.05, 3.63) is 164 Å². The van der Waals surface area contributed by atoms with Crippen LogP contribution in [0.5, 0.6) is 0 Å². The Bertz CT molecular complexity index is 3920. The molecule has 25 nitrogen and oxygen atoms in total. The number of cyclic esters (lactones) is 1. The second kappa shape index (κ2) is 27.6. The number of aliphatic hydroxyl groups is 2. The standard InChI is InChI=1S/C64H65FN10O15/c1-3-64(87)44-24-50-58-42(30-75(50)61(84)43(44)33-89-62(64)85)57-46(19-17-41-35(2)45(65)25-48(72-58)56(41)57)73-60(83)47-18-16-40(27-67-47)70-63(86)90-32-37-12-14-39(15-13-37)69-51(77)28-68-59(82)49(23-36-9-5-4-6-10-36)71-52(78)34-88-55(81)29-66-26-38(31-76)11-7-8-22-74-53(79)20-21-54(74)80/h4-6,9-10,12-16,18,20-21,24-25,27,31,38,46,49,53,66,79,87H,3,7-8,11,17,19,22-23,26,28-30,32-34H2,1-2H3,(H,68,82)(H,69,77)(H,70,86)(H,71,78)(H,73,83)/t38?,46-,49-,53?,64-/m0/s1. The molecule has 3 aliphatic heterocycles. The largest absolute Gasteiger partial charge is 0.458 e. The molecule has 1 aliphatic carbocycles. The molecule has 3 aromatic carbocycles. The predicted octanol–water partition coefficient (Wildman–Crippen LogP) is 3.71. The first kappa shape index (κ1) is 63.0. The third-order valence-corrected chi connectivity index (χ3v) is 16.4. The van der Waals surface area contributed by atoms with Gasteiger partial charge in [-0.1, -0.05) is 55.8 Å². The Labute approximate surface area is 513 Å². The van der Waals surface area contributed by atoms with Gasteiger partial charge in [-0.05, 0) is 103 Å². The summed E-state index contributed by atoms with van der Waals surface area (Å²) in [6.07, 6.45) is 5.38. The van der Waals surface area contributed by atoms with E-state index in [2.05, 4.69) is 36.9 Å². The first-order valence-corrected chi connectivity index (χ1v) is 29.3. The summed E-state index contributed by atoms with van der Waals surface area (Å²) in [5, 5.41) is 38.1. The van der Waals surface area contributed by atoms with E-state index in [1.165, 1.54) is 46.0 Å². The molecule has 2 unspecified atom stereocenters. The number of esters is 2. The van der Waals surface area contributed by atoms with Crippen LogP contribution in [0.15, 0.2) is 102 Å². The van der Waals surface area contributed by atoms with Crippen molar-refractivity contribution in [3.8, 4) is 11.4 Å². The van der Waals surface area contributed by atoms with Crippen molar-refractivity contribution in [2.24, 2.45) is 5.92 Å². The quantitative estimate of drug-likeness (QED) is 0.0175. The molecule has 90 heavy (non-hydrogen) atoms. The second-order valence-corrected chi connectivity index (χ2v) is 22.3. The summed E-state index contributed by atoms with van der Waals surface area (Å²) < 4.78 is 32.7. The Balaban J connectivity index is 0.671. The molecule has 8 N–H and O–H groups in total. The lowest BCUT2D eigenvalue weighted by molar-refractivity contribution is -0.172. The van der Waals surface area contributed by atoms with Gasteiger partial charge in [0.05, 0.1) is 60.0 Å². The SMILES string of the molecule is CC[C@@]1(O)C(=O)OCc2c1cc1n(c2=O)Cc2c-1nc1cc(F)c(C)c3c1c2[C@@H](NC(=O)c1ccc(NC(=O)OCc2ccc(NC(=O)CNC(=O)[C@H](Cc4ccccc4)NC(=O)COC(=O)CNCC(C=O)CCCCN4C(=O)C=CC4O)cc2)cn1)CC3. The molecule has 3 aromatic heterocycles. The molecule has 0 radical (unpaired) electrons. The van der Waals surface area contributed by atoms with Gasteiger partial charge in [0.15, 0.2) is 12.2 Å². The Hall–Kier alpha value is -10.1. The number of fused-ring (bicyclic) bond motifs is 5. The van der Waals surface area contributed by atoms with Gasteiger partial charge in [0, 0.05) is 59.8 Å². The molecule has 6 aromatic rings. The minimum atomic E-state index is -2.05. The fourth-order valence-corrected chi connectivity index (χ4v) is 11.5. The summed E-state index contributed by atoms with van der Waals surface area (Å²) in [6.45, 7) is 1.88. The summed E-state index contributed by atoms with van der Waals surface area (Å²) in [5.74, 6) is -5.41. The highest BCUT2D eigenvalue weighted by Crippen LogP contribution is 2.46. The van der Waals surface area contributed by atoms with E-state index in [9.17, 15) is 58.2 Å². The van der Waals surface area contributed by atoms with E-state index >= 15 is 4.39 Å². The molecular weight excluding hydrogens is 1170 g/mol. The highest BCUT2D eigenvalue weighted by atomic mass is 19.1. The summed E-state index contributed by atoms with van der Waals surface area (Å²) in [6, 6.07) is 19.1. The van der Waals surface area contributed by atoms with Crippen molar-refractivity contribution in [1.82, 2.24) is 40.7 Å². The average Bonchev–Trinajstić information content (AvgIpc) is 1.47. The van der Waals surface area contributed by atoms with E-state index in [4.69, 9.17) is 19.2 Å². The number of aromatic nitrogens is 3. The van der Waals surface area contributed by atoms with Gasteiger partial charge in [0.2, 0.25) is 17.7 Å². The van der Waals surface area contributed by atoms with Gasteiger partial charge in [-0.15, -0.1) is 0 Å². The number of aryl methyl sites for hydroxylation is 1. The number of amides is 6. The smallest absolute Gasteiger partial charge is 0.412 e. The number of hydrogen-bond acceptors (Lipinski definition) is 18. The van der Waals surface area contributed by atoms with Crippen LogP contribution < -0.4 is 37.5 Å². The summed E-state index contributed by atoms with van der Waals surface area (Å²) >= 11 is 0. The molecule has 4 aliphatic rings. The van der Waals surface area contributed by atoms with Crippen LogP contribution in [0.25, 0.3) is 22.3 Å². The molecule has 0 spiro atoms. The lowest BCUT2D eigenvalue weighted by atomic mass is 9.81. The van der Waals surface area contributed by atoms with Gasteiger partial charge in [-0.2, -0.15) is 0 Å². The van der Waals surface area contributed by atoms with Gasteiger partial charge in [0.1, 0.15) is 43.3 Å². The van der Waals surface area contributed by atoms with E-state index in [0.717, 1.165) is 11.8 Å². The monoisotopic (exact) mass is 1230 g/mol. The lowest BCUT2D eigenvalue weighted by Gasteiger charge is -2.31. The number of anilines is 2. The minimum Gasteiger partial charge on any atom is -0.458 e. The van der Waals surface area contributed by atoms with Crippen molar-refractivity contribution < 1.29 is 72.0 Å². The van der Waals surface area contributed by atoms with E-state index < -0.39 is 96.0 Å². The van der Waals surface area contributed by atoms with Crippen LogP contribution in [-0.4, -0.2) is 129 Å². The van der Waals surface area contributed by atoms with Crippen LogP contribution in [0.3, 0.4) is 0 Å². The molecule has 0 bridgehead atoms. The zero-order valence-corrected chi connectivity index (χ0v) is 49.1. The maximum Gasteiger partial charge on any atom is 0.412 e. The molecule has 468 valence electrons. The molecule has 6 amide bonds. The third-order valence-electron chi connectivity index (χ3n) is 16.4. The maximum absolute atomic E-state index is 15.5. The van der Waals surface area contributed by atoms with Crippen LogP contribution >= 0.6 is 0 Å². The number of nitrogens with zero attached hydrogens (tertiary/aromatic N) is 4. The van der Waals surface area contributed by atoms with Gasteiger partial charge < -0.3 is 65.3 Å². The number of carbonyl (C=O) groups is 9. The van der Waals surface area contributed by atoms with Crippen LogP contribution in [0.2, 0.25) is 0 Å². The van der Waals surface area contributed by atoms with E-state index in [-0.39, 0.29) is 74.1 Å². The predicted molar refractivity (Wildman–Crippen MR) is 320 cm³/mol. The van der Waals surface area contributed by atoms with Gasteiger partial charge in [-0.25, -0.2) is 23.9 Å². The molecule has 6 heterocycles. The van der Waals surface area contributed by atoms with Crippen molar-refractivity contribution in [3.63, 3.8) is 0 Å². The Morgan fingerprint density at radius 2 is 1.69 bits per heavy atom. The van der Waals surface area contributed by atoms with Crippen LogP contribution in [0, 0.1) is 18.7 Å². The van der Waals surface area contributed by atoms with E-state index in [1.807, 2.05) is 0 Å². The van der Waals surface area contributed by atoms with Crippen molar-refractivity contribution in [2.75, 3.05) is 43.4 Å². The number of aldehydes is 1. The van der Waals surface area contributed by atoms with Crippen LogP contribution in [0.4, 0.5) is 20.6 Å². The number of hydrogen-bond donors (Lipinski definition) is 8. The number of rotatable bonds is 25. The lowest BCUT2D eigenvalue weighted by Crippen LogP contribution is -2.50. The number of pyridine rings is 3. The highest BCUT2D eigenvalue weighted by Gasteiger charge is 2.46. The van der Waals surface area contributed by atoms with Crippen LogP contribution in [-0.2, 0) is 86.0 Å². The number of carbonyl (C=O) groups excluding carboxylic acids is 9. The molecule has 10 rings (SSSR count). The Morgan fingerprint density at radius 1 is 0.911 bits per heavy atom. The average molecular weight is 1230 g/mol. The topological polar surface area (TPSA) is 345 Å². The van der Waals surface area contributed by atoms with E-state index in [0.29, 0.717) is 94.4 Å². The summed E-state index contributed by atoms with van der Waals surface area (Å²) in [5.41, 5.74) is 3.11. The Morgan fingerprint density at radius 3 is 2.41 bits per heavy atom. The fourth-order valence-electron chi connectivity index (χ4n) is 11.5. The molecule has 5 atom stereocenters. The first-order chi connectivity index (χ1) is 43.3. The summed E-state index contributed by atoms with van der Waals surface area (Å²) in [4.78, 5) is 139. The number of ether oxygens (including phenoxy) is 3. The highest BCUT2D eigenvalue weighted by molar-refractivity contribution is 5.98. The molecule has 0 fully saturated rings. The van der Waals surface area contributed by atoms with Gasteiger partial charge in [-0.3, -0.25) is 38.9 Å². The molecule has 26 heteroatoms. The van der Waals surface area contributed by atoms with Crippen molar-refractivity contribution in [1.29, 1.82) is 0 Å². The fraction of sp³-hybridized carbons (Fsp3) is 0.344. The maximum atomic E-state index is 15.5. The van der Waals surface area contributed by atoms with Gasteiger partial charge >= 0.3 is 18.0 Å².